The number of hydrogen-bond donors (Lipinski definition) is 2. The molecule has 1 aliphatic rings. The van der Waals surface area contributed by atoms with Crippen LogP contribution < -0.4 is 5.73 Å². The van der Waals surface area contributed by atoms with Gasteiger partial charge < -0.3 is 15.6 Å². The van der Waals surface area contributed by atoms with Crippen LogP contribution in [-0.4, -0.2) is 24.9 Å². The van der Waals surface area contributed by atoms with Crippen molar-refractivity contribution in [3.05, 3.63) is 34.4 Å². The number of ether oxygens (including phenoxy) is 1. The predicted octanol–water partition coefficient (Wildman–Crippen LogP) is 2.40. The molecule has 0 saturated carbocycles. The first-order valence-corrected chi connectivity index (χ1v) is 7.04. The van der Waals surface area contributed by atoms with E-state index in [1.807, 2.05) is 0 Å². The van der Waals surface area contributed by atoms with Gasteiger partial charge in [-0.25, -0.2) is 0 Å². The second-order valence-electron chi connectivity index (χ2n) is 5.89. The van der Waals surface area contributed by atoms with Crippen molar-refractivity contribution in [3.63, 3.8) is 0 Å². The van der Waals surface area contributed by atoms with Crippen molar-refractivity contribution < 1.29 is 9.84 Å². The van der Waals surface area contributed by atoms with E-state index in [4.69, 9.17) is 10.5 Å². The normalized spacial score (nSPS) is 20.3. The average molecular weight is 263 g/mol. The highest BCUT2D eigenvalue weighted by molar-refractivity contribution is 5.40. The second kappa shape index (κ2) is 5.61. The smallest absolute Gasteiger partial charge is 0.0865 e. The lowest BCUT2D eigenvalue weighted by molar-refractivity contribution is -0.0586. The molecule has 2 rings (SSSR count). The van der Waals surface area contributed by atoms with E-state index in [9.17, 15) is 5.11 Å². The Labute approximate surface area is 115 Å². The minimum atomic E-state index is -0.498. The molecule has 1 fully saturated rings. The van der Waals surface area contributed by atoms with Gasteiger partial charge in [-0.15, -0.1) is 0 Å². The number of benzene rings is 1. The summed E-state index contributed by atoms with van der Waals surface area (Å²) >= 11 is 0. The second-order valence-corrected chi connectivity index (χ2v) is 5.89. The van der Waals surface area contributed by atoms with E-state index >= 15 is 0 Å². The van der Waals surface area contributed by atoms with Gasteiger partial charge in [-0.05, 0) is 50.3 Å². The van der Waals surface area contributed by atoms with Gasteiger partial charge in [0.05, 0.1) is 6.10 Å². The first-order chi connectivity index (χ1) is 9.00. The minimum Gasteiger partial charge on any atom is -0.388 e. The lowest BCUT2D eigenvalue weighted by Crippen LogP contribution is -2.42. The number of rotatable bonds is 3. The van der Waals surface area contributed by atoms with Gasteiger partial charge in [0, 0.05) is 25.2 Å². The molecule has 0 aliphatic carbocycles. The lowest BCUT2D eigenvalue weighted by atomic mass is 9.71. The van der Waals surface area contributed by atoms with E-state index in [1.54, 1.807) is 0 Å². The average Bonchev–Trinajstić information content (AvgIpc) is 2.38. The number of aryl methyl sites for hydroxylation is 3. The number of aliphatic hydroxyl groups is 1. The van der Waals surface area contributed by atoms with Crippen LogP contribution in [0, 0.1) is 26.2 Å². The molecule has 106 valence electrons. The van der Waals surface area contributed by atoms with Crippen LogP contribution >= 0.6 is 0 Å². The van der Waals surface area contributed by atoms with E-state index in [1.165, 1.54) is 5.56 Å². The van der Waals surface area contributed by atoms with Crippen molar-refractivity contribution in [1.82, 2.24) is 0 Å². The number of hydrogen-bond acceptors (Lipinski definition) is 3. The molecule has 1 aliphatic heterocycles. The van der Waals surface area contributed by atoms with Crippen LogP contribution in [0.5, 0.6) is 0 Å². The van der Waals surface area contributed by atoms with Crippen LogP contribution in [-0.2, 0) is 4.74 Å². The molecule has 1 aromatic rings. The molecular weight excluding hydrogens is 238 g/mol. The molecule has 1 atom stereocenters. The highest BCUT2D eigenvalue weighted by atomic mass is 16.5. The summed E-state index contributed by atoms with van der Waals surface area (Å²) in [7, 11) is 0. The Balaban J connectivity index is 2.40. The molecule has 0 bridgehead atoms. The highest BCUT2D eigenvalue weighted by Gasteiger charge is 2.40. The van der Waals surface area contributed by atoms with Crippen LogP contribution in [0.25, 0.3) is 0 Å². The van der Waals surface area contributed by atoms with Gasteiger partial charge in [0.25, 0.3) is 0 Å². The molecule has 0 radical (unpaired) electrons. The van der Waals surface area contributed by atoms with Crippen LogP contribution in [0.1, 0.15) is 41.2 Å². The first-order valence-electron chi connectivity index (χ1n) is 7.04. The Morgan fingerprint density at radius 2 is 1.74 bits per heavy atom. The third kappa shape index (κ3) is 2.69. The maximum atomic E-state index is 10.9. The standard InChI is InChI=1S/C16H25NO2/c1-11-8-12(2)14(13(3)9-11)15(18)16(10-17)4-6-19-7-5-16/h8-9,15,18H,4-7,10,17H2,1-3H3. The fraction of sp³-hybridized carbons (Fsp3) is 0.625. The zero-order chi connectivity index (χ0) is 14.0. The Morgan fingerprint density at radius 1 is 1.21 bits per heavy atom. The van der Waals surface area contributed by atoms with Crippen LogP contribution in [0.15, 0.2) is 12.1 Å². The molecule has 1 saturated heterocycles. The largest absolute Gasteiger partial charge is 0.388 e. The Kier molecular flexibility index (Phi) is 4.29. The van der Waals surface area contributed by atoms with Crippen LogP contribution in [0.3, 0.4) is 0 Å². The molecule has 0 aromatic heterocycles. The monoisotopic (exact) mass is 263 g/mol. The van der Waals surface area contributed by atoms with Crippen molar-refractivity contribution in [1.29, 1.82) is 0 Å². The SMILES string of the molecule is Cc1cc(C)c(C(O)C2(CN)CCOCC2)c(C)c1. The van der Waals surface area contributed by atoms with Gasteiger partial charge in [0.2, 0.25) is 0 Å². The molecule has 19 heavy (non-hydrogen) atoms. The summed E-state index contributed by atoms with van der Waals surface area (Å²) in [6.07, 6.45) is 1.16. The van der Waals surface area contributed by atoms with Gasteiger partial charge in [-0.2, -0.15) is 0 Å². The molecule has 3 N–H and O–H groups in total. The fourth-order valence-electron chi connectivity index (χ4n) is 3.30. The Hall–Kier alpha value is -0.900. The summed E-state index contributed by atoms with van der Waals surface area (Å²) in [6.45, 7) is 8.12. The molecule has 1 heterocycles. The zero-order valence-corrected chi connectivity index (χ0v) is 12.2. The summed E-state index contributed by atoms with van der Waals surface area (Å²) in [5.41, 5.74) is 10.4. The van der Waals surface area contributed by atoms with E-state index in [0.717, 1.165) is 29.5 Å². The van der Waals surface area contributed by atoms with Crippen LogP contribution in [0.4, 0.5) is 0 Å². The van der Waals surface area contributed by atoms with Gasteiger partial charge in [-0.1, -0.05) is 17.7 Å². The van der Waals surface area contributed by atoms with Crippen molar-refractivity contribution in [2.45, 2.75) is 39.7 Å². The van der Waals surface area contributed by atoms with E-state index < -0.39 is 6.10 Å². The number of aliphatic hydroxyl groups excluding tert-OH is 1. The van der Waals surface area contributed by atoms with E-state index in [-0.39, 0.29) is 5.41 Å². The third-order valence-corrected chi connectivity index (χ3v) is 4.49. The fourth-order valence-corrected chi connectivity index (χ4v) is 3.30. The summed E-state index contributed by atoms with van der Waals surface area (Å²) in [5.74, 6) is 0. The van der Waals surface area contributed by atoms with Gasteiger partial charge in [0.1, 0.15) is 0 Å². The lowest BCUT2D eigenvalue weighted by Gasteiger charge is -2.41. The summed E-state index contributed by atoms with van der Waals surface area (Å²) in [5, 5.41) is 10.9. The molecular formula is C16H25NO2. The summed E-state index contributed by atoms with van der Waals surface area (Å²) < 4.78 is 5.43. The predicted molar refractivity (Wildman–Crippen MR) is 77.2 cm³/mol. The molecule has 0 amide bonds. The minimum absolute atomic E-state index is 0.233. The van der Waals surface area contributed by atoms with E-state index in [0.29, 0.717) is 19.8 Å². The molecule has 3 heteroatoms. The molecule has 1 aromatic carbocycles. The Bertz CT molecular complexity index is 427. The first kappa shape index (κ1) is 14.5. The van der Waals surface area contributed by atoms with Gasteiger partial charge in [0.15, 0.2) is 0 Å². The maximum Gasteiger partial charge on any atom is 0.0865 e. The highest BCUT2D eigenvalue weighted by Crippen LogP contribution is 2.43. The van der Waals surface area contributed by atoms with Crippen LogP contribution in [0.2, 0.25) is 0 Å². The summed E-state index contributed by atoms with van der Waals surface area (Å²) in [4.78, 5) is 0. The van der Waals surface area contributed by atoms with Crippen molar-refractivity contribution in [3.8, 4) is 0 Å². The zero-order valence-electron chi connectivity index (χ0n) is 12.2. The topological polar surface area (TPSA) is 55.5 Å². The van der Waals surface area contributed by atoms with Crippen molar-refractivity contribution >= 4 is 0 Å². The van der Waals surface area contributed by atoms with Gasteiger partial charge >= 0.3 is 0 Å². The van der Waals surface area contributed by atoms with Gasteiger partial charge in [-0.3, -0.25) is 0 Å². The van der Waals surface area contributed by atoms with Crippen molar-refractivity contribution in [2.24, 2.45) is 11.1 Å². The quantitative estimate of drug-likeness (QED) is 0.880. The number of nitrogens with two attached hydrogens (primary N) is 1. The molecule has 0 spiro atoms. The summed E-state index contributed by atoms with van der Waals surface area (Å²) in [6, 6.07) is 4.27. The third-order valence-electron chi connectivity index (χ3n) is 4.49. The molecule has 3 nitrogen and oxygen atoms in total. The van der Waals surface area contributed by atoms with Crippen molar-refractivity contribution in [2.75, 3.05) is 19.8 Å². The molecule has 1 unspecified atom stereocenters. The Morgan fingerprint density at radius 3 is 2.21 bits per heavy atom. The van der Waals surface area contributed by atoms with E-state index in [2.05, 4.69) is 32.9 Å². The maximum absolute atomic E-state index is 10.9.